The van der Waals surface area contributed by atoms with Crippen LogP contribution in [-0.4, -0.2) is 11.6 Å². The molecule has 0 saturated heterocycles. The van der Waals surface area contributed by atoms with Gasteiger partial charge >= 0.3 is 0 Å². The molecule has 0 aliphatic heterocycles. The van der Waals surface area contributed by atoms with Gasteiger partial charge in [0.05, 0.1) is 5.70 Å². The fraction of sp³-hybridized carbons (Fsp3) is 0. The third kappa shape index (κ3) is 3.84. The number of nitrogens with one attached hydrogen (secondary N) is 1. The molecule has 0 bridgehead atoms. The number of halogens is 1. The van der Waals surface area contributed by atoms with Crippen molar-refractivity contribution < 1.29 is 19.1 Å². The predicted molar refractivity (Wildman–Crippen MR) is 140 cm³/mol. The zero-order chi connectivity index (χ0) is 25.1. The molecule has 176 valence electrons. The number of ketones is 2. The lowest BCUT2D eigenvalue weighted by atomic mass is 10.1. The van der Waals surface area contributed by atoms with Gasteiger partial charge in [0.25, 0.3) is 11.6 Å². The Morgan fingerprint density at radius 1 is 0.583 bits per heavy atom. The summed E-state index contributed by atoms with van der Waals surface area (Å²) in [6.45, 7) is 0. The summed E-state index contributed by atoms with van der Waals surface area (Å²) in [4.78, 5) is 26.7. The van der Waals surface area contributed by atoms with Gasteiger partial charge in [0.1, 0.15) is 23.2 Å². The molecule has 4 nitrogen and oxygen atoms in total. The molecule has 6 heteroatoms. The Kier molecular flexibility index (Phi) is 6.32. The second-order valence-corrected chi connectivity index (χ2v) is 11.5. The largest absolute Gasteiger partial charge is 0.868 e. The average Bonchev–Trinajstić information content (AvgIpc) is 2.94. The van der Waals surface area contributed by atoms with Crippen LogP contribution >= 0.6 is 7.26 Å². The van der Waals surface area contributed by atoms with Gasteiger partial charge in [-0.25, -0.2) is 4.39 Å². The summed E-state index contributed by atoms with van der Waals surface area (Å²) in [6.07, 6.45) is 0. The van der Waals surface area contributed by atoms with E-state index in [0.29, 0.717) is 21.6 Å². The summed E-state index contributed by atoms with van der Waals surface area (Å²) in [5, 5.41) is 18.8. The predicted octanol–water partition coefficient (Wildman–Crippen LogP) is 4.00. The smallest absolute Gasteiger partial charge is 0.271 e. The van der Waals surface area contributed by atoms with Gasteiger partial charge in [-0.1, -0.05) is 72.8 Å². The number of para-hydroxylation sites is 1. The van der Waals surface area contributed by atoms with Crippen molar-refractivity contribution in [3.05, 3.63) is 144 Å². The van der Waals surface area contributed by atoms with E-state index in [2.05, 4.69) is 5.32 Å². The third-order valence-electron chi connectivity index (χ3n) is 6.09. The summed E-state index contributed by atoms with van der Waals surface area (Å²) in [5.74, 6) is -4.62. The quantitative estimate of drug-likeness (QED) is 0.251. The first-order valence-corrected chi connectivity index (χ1v) is 13.1. The number of Topliss-reactive ketones (excluding diaryl/α,β-unsaturated/α-hetero) is 2. The molecule has 1 aliphatic rings. The Labute approximate surface area is 208 Å². The Balaban J connectivity index is 1.89. The lowest BCUT2D eigenvalue weighted by Gasteiger charge is -2.34. The Hall–Kier alpha value is -4.34. The summed E-state index contributed by atoms with van der Waals surface area (Å²) >= 11 is 0. The SMILES string of the molecule is O=C1C(=O)C([P+](c2ccccc2)(c2ccccc2)c2ccccc2)=C([O-])C(Nc2ccccc2)=C1F. The molecule has 0 heterocycles. The van der Waals surface area contributed by atoms with Gasteiger partial charge in [-0.2, -0.15) is 0 Å². The number of rotatable bonds is 6. The summed E-state index contributed by atoms with van der Waals surface area (Å²) in [5.41, 5.74) is -0.0893. The van der Waals surface area contributed by atoms with Gasteiger partial charge in [0.2, 0.25) is 0 Å². The normalized spacial score (nSPS) is 14.2. The summed E-state index contributed by atoms with van der Waals surface area (Å²) in [7, 11) is -3.19. The Bertz CT molecular complexity index is 1390. The topological polar surface area (TPSA) is 69.2 Å². The minimum Gasteiger partial charge on any atom is -0.868 e. The van der Waals surface area contributed by atoms with Crippen molar-refractivity contribution in [3.8, 4) is 0 Å². The third-order valence-corrected chi connectivity index (χ3v) is 10.4. The number of carbonyl (C=O) groups excluding carboxylic acids is 2. The number of allylic oxidation sites excluding steroid dienone is 2. The van der Waals surface area contributed by atoms with Gasteiger partial charge in [-0.05, 0) is 54.3 Å². The molecular formula is C30H21FNO3P. The number of carbonyl (C=O) groups is 2. The van der Waals surface area contributed by atoms with Crippen molar-refractivity contribution >= 4 is 40.4 Å². The maximum absolute atomic E-state index is 15.2. The van der Waals surface area contributed by atoms with E-state index in [9.17, 15) is 14.7 Å². The molecule has 36 heavy (non-hydrogen) atoms. The molecule has 0 amide bonds. The molecule has 0 radical (unpaired) electrons. The first kappa shape index (κ1) is 23.4. The van der Waals surface area contributed by atoms with E-state index in [1.807, 2.05) is 91.0 Å². The highest BCUT2D eigenvalue weighted by Gasteiger charge is 2.56. The summed E-state index contributed by atoms with van der Waals surface area (Å²) < 4.78 is 15.2. The van der Waals surface area contributed by atoms with Crippen molar-refractivity contribution in [2.45, 2.75) is 0 Å². The van der Waals surface area contributed by atoms with Crippen LogP contribution in [0.4, 0.5) is 10.1 Å². The van der Waals surface area contributed by atoms with E-state index in [1.165, 1.54) is 0 Å². The van der Waals surface area contributed by atoms with Crippen molar-refractivity contribution in [1.82, 2.24) is 0 Å². The molecular weight excluding hydrogens is 472 g/mol. The van der Waals surface area contributed by atoms with E-state index >= 15 is 4.39 Å². The zero-order valence-corrected chi connectivity index (χ0v) is 20.0. The maximum atomic E-state index is 15.2. The molecule has 0 atom stereocenters. The van der Waals surface area contributed by atoms with Crippen LogP contribution in [0.1, 0.15) is 0 Å². The maximum Gasteiger partial charge on any atom is 0.271 e. The van der Waals surface area contributed by atoms with Crippen molar-refractivity contribution in [3.63, 3.8) is 0 Å². The second-order valence-electron chi connectivity index (χ2n) is 8.19. The standard InChI is InChI=1S/C30H21FNO3P/c31-25-26(32-21-13-5-1-6-14-21)28(34)30(29(35)27(25)33)36(22-15-7-2-8-16-22,23-17-9-3-10-18-23)24-19-11-4-12-20-24/h1-20H,(H-,32,33,34,35). The van der Waals surface area contributed by atoms with Crippen LogP contribution in [0.15, 0.2) is 144 Å². The lowest BCUT2D eigenvalue weighted by Crippen LogP contribution is -2.41. The first-order valence-electron chi connectivity index (χ1n) is 11.3. The molecule has 4 aromatic rings. The van der Waals surface area contributed by atoms with Crippen molar-refractivity contribution in [2.75, 3.05) is 5.32 Å². The van der Waals surface area contributed by atoms with E-state index in [1.54, 1.807) is 30.3 Å². The van der Waals surface area contributed by atoms with Crippen LogP contribution in [0.2, 0.25) is 0 Å². The minimum absolute atomic E-state index is 0.212. The van der Waals surface area contributed by atoms with Gasteiger partial charge in [-0.3, -0.25) is 9.59 Å². The minimum atomic E-state index is -3.19. The van der Waals surface area contributed by atoms with E-state index in [-0.39, 0.29) is 5.31 Å². The van der Waals surface area contributed by atoms with Crippen LogP contribution in [0.5, 0.6) is 0 Å². The molecule has 1 N–H and O–H groups in total. The fourth-order valence-corrected chi connectivity index (χ4v) is 8.86. The molecule has 5 rings (SSSR count). The number of benzene rings is 4. The molecule has 0 fully saturated rings. The Morgan fingerprint density at radius 3 is 1.39 bits per heavy atom. The second kappa shape index (κ2) is 9.73. The summed E-state index contributed by atoms with van der Waals surface area (Å²) in [6, 6.07) is 36.2. The highest BCUT2D eigenvalue weighted by Crippen LogP contribution is 2.64. The molecule has 1 aliphatic carbocycles. The van der Waals surface area contributed by atoms with Crippen molar-refractivity contribution in [2.24, 2.45) is 0 Å². The molecule has 0 unspecified atom stereocenters. The van der Waals surface area contributed by atoms with Crippen LogP contribution in [-0.2, 0) is 9.59 Å². The zero-order valence-electron chi connectivity index (χ0n) is 19.1. The van der Waals surface area contributed by atoms with E-state index < -0.39 is 36.1 Å². The number of anilines is 1. The molecule has 0 aromatic heterocycles. The molecule has 0 spiro atoms. The lowest BCUT2D eigenvalue weighted by molar-refractivity contribution is -0.298. The number of hydrogen-bond acceptors (Lipinski definition) is 4. The highest BCUT2D eigenvalue weighted by molar-refractivity contribution is 8.00. The Morgan fingerprint density at radius 2 is 0.972 bits per heavy atom. The van der Waals surface area contributed by atoms with Gasteiger partial charge in [0.15, 0.2) is 11.1 Å². The first-order chi connectivity index (χ1) is 17.5. The highest BCUT2D eigenvalue weighted by atomic mass is 31.2. The van der Waals surface area contributed by atoms with Crippen LogP contribution < -0.4 is 26.3 Å². The van der Waals surface area contributed by atoms with Gasteiger partial charge in [0, 0.05) is 5.69 Å². The molecule has 0 saturated carbocycles. The van der Waals surface area contributed by atoms with E-state index in [0.717, 1.165) is 0 Å². The van der Waals surface area contributed by atoms with Crippen LogP contribution in [0, 0.1) is 0 Å². The number of hydrogen-bond donors (Lipinski definition) is 1. The van der Waals surface area contributed by atoms with Crippen LogP contribution in [0.25, 0.3) is 0 Å². The average molecular weight is 493 g/mol. The van der Waals surface area contributed by atoms with Crippen LogP contribution in [0.3, 0.4) is 0 Å². The van der Waals surface area contributed by atoms with E-state index in [4.69, 9.17) is 0 Å². The van der Waals surface area contributed by atoms with Crippen molar-refractivity contribution in [1.29, 1.82) is 0 Å². The van der Waals surface area contributed by atoms with Gasteiger partial charge in [-0.15, -0.1) is 0 Å². The van der Waals surface area contributed by atoms with Gasteiger partial charge < -0.3 is 10.4 Å². The molecule has 4 aromatic carbocycles. The fourth-order valence-electron chi connectivity index (χ4n) is 4.51. The monoisotopic (exact) mass is 493 g/mol.